The monoisotopic (exact) mass is 214 g/mol. The van der Waals surface area contributed by atoms with Crippen molar-refractivity contribution in [1.82, 2.24) is 0 Å². The number of halogens is 7. The standard InChI is InChI=1S/C5H5F7O/c1-13-5(11,12)3(7,2-6)4(8,9)10/h2H2,1H3. The van der Waals surface area contributed by atoms with Crippen molar-refractivity contribution in [3.05, 3.63) is 0 Å². The number of rotatable bonds is 3. The second kappa shape index (κ2) is 3.32. The van der Waals surface area contributed by atoms with Gasteiger partial charge in [0.15, 0.2) is 0 Å². The van der Waals surface area contributed by atoms with Gasteiger partial charge in [0.2, 0.25) is 0 Å². The topological polar surface area (TPSA) is 9.23 Å². The molecule has 0 rings (SSSR count). The molecule has 0 radical (unpaired) electrons. The van der Waals surface area contributed by atoms with E-state index in [9.17, 15) is 30.7 Å². The fourth-order valence-electron chi connectivity index (χ4n) is 0.480. The van der Waals surface area contributed by atoms with Crippen molar-refractivity contribution in [1.29, 1.82) is 0 Å². The molecule has 0 aliphatic rings. The minimum atomic E-state index is -6.03. The molecule has 1 nitrogen and oxygen atoms in total. The summed E-state index contributed by atoms with van der Waals surface area (Å²) < 4.78 is 86.1. The van der Waals surface area contributed by atoms with Gasteiger partial charge in [-0.25, -0.2) is 8.78 Å². The van der Waals surface area contributed by atoms with Crippen LogP contribution in [0.1, 0.15) is 0 Å². The molecular weight excluding hydrogens is 209 g/mol. The van der Waals surface area contributed by atoms with Crippen molar-refractivity contribution in [3.63, 3.8) is 0 Å². The maximum absolute atomic E-state index is 12.4. The van der Waals surface area contributed by atoms with Gasteiger partial charge in [0.05, 0.1) is 0 Å². The Morgan fingerprint density at radius 1 is 1.00 bits per heavy atom. The van der Waals surface area contributed by atoms with Gasteiger partial charge in [0.1, 0.15) is 6.67 Å². The van der Waals surface area contributed by atoms with Crippen LogP contribution >= 0.6 is 0 Å². The number of hydrogen-bond donors (Lipinski definition) is 0. The maximum atomic E-state index is 12.4. The Bertz CT molecular complexity index is 176. The van der Waals surface area contributed by atoms with Gasteiger partial charge in [0, 0.05) is 7.11 Å². The van der Waals surface area contributed by atoms with Crippen LogP contribution in [0.4, 0.5) is 30.7 Å². The van der Waals surface area contributed by atoms with Gasteiger partial charge in [-0.15, -0.1) is 0 Å². The molecule has 13 heavy (non-hydrogen) atoms. The highest BCUT2D eigenvalue weighted by Crippen LogP contribution is 2.45. The highest BCUT2D eigenvalue weighted by atomic mass is 19.4. The van der Waals surface area contributed by atoms with Crippen LogP contribution < -0.4 is 0 Å². The van der Waals surface area contributed by atoms with Gasteiger partial charge in [-0.05, 0) is 0 Å². The predicted molar refractivity (Wildman–Crippen MR) is 27.8 cm³/mol. The quantitative estimate of drug-likeness (QED) is 0.655. The Balaban J connectivity index is 5.06. The molecule has 0 aromatic heterocycles. The zero-order valence-electron chi connectivity index (χ0n) is 6.26. The van der Waals surface area contributed by atoms with Crippen molar-refractivity contribution in [2.75, 3.05) is 13.8 Å². The maximum Gasteiger partial charge on any atom is 0.433 e. The Labute approximate surface area is 68.5 Å². The van der Waals surface area contributed by atoms with Crippen LogP contribution in [0.3, 0.4) is 0 Å². The van der Waals surface area contributed by atoms with Crippen molar-refractivity contribution in [3.8, 4) is 0 Å². The largest absolute Gasteiger partial charge is 0.433 e. The third-order valence-corrected chi connectivity index (χ3v) is 1.35. The summed E-state index contributed by atoms with van der Waals surface area (Å²) in [6.45, 7) is -2.91. The Kier molecular flexibility index (Phi) is 3.18. The smallest absolute Gasteiger partial charge is 0.321 e. The second-order valence-electron chi connectivity index (χ2n) is 2.15. The Morgan fingerprint density at radius 3 is 1.46 bits per heavy atom. The van der Waals surface area contributed by atoms with Crippen LogP contribution in [0.5, 0.6) is 0 Å². The lowest BCUT2D eigenvalue weighted by molar-refractivity contribution is -0.378. The first-order valence-electron chi connectivity index (χ1n) is 2.87. The fourth-order valence-corrected chi connectivity index (χ4v) is 0.480. The summed E-state index contributed by atoms with van der Waals surface area (Å²) in [6, 6.07) is 0. The molecule has 0 saturated heterocycles. The molecule has 0 bridgehead atoms. The molecule has 0 fully saturated rings. The van der Waals surface area contributed by atoms with Crippen LogP contribution in [0.25, 0.3) is 0 Å². The zero-order chi connectivity index (χ0) is 10.9. The zero-order valence-corrected chi connectivity index (χ0v) is 6.26. The van der Waals surface area contributed by atoms with E-state index in [1.807, 2.05) is 0 Å². The molecule has 0 aliphatic heterocycles. The van der Waals surface area contributed by atoms with Crippen LogP contribution in [0.2, 0.25) is 0 Å². The molecule has 1 atom stereocenters. The van der Waals surface area contributed by atoms with E-state index in [-0.39, 0.29) is 7.11 Å². The average molecular weight is 214 g/mol. The molecule has 0 aromatic carbocycles. The SMILES string of the molecule is COC(F)(F)C(F)(CF)C(F)(F)F. The van der Waals surface area contributed by atoms with Crippen molar-refractivity contribution >= 4 is 0 Å². The van der Waals surface area contributed by atoms with E-state index in [4.69, 9.17) is 0 Å². The minimum Gasteiger partial charge on any atom is -0.321 e. The highest BCUT2D eigenvalue weighted by Gasteiger charge is 2.72. The summed E-state index contributed by atoms with van der Waals surface area (Å²) in [7, 11) is 0.149. The summed E-state index contributed by atoms with van der Waals surface area (Å²) in [5.74, 6) is 0. The normalized spacial score (nSPS) is 18.5. The first kappa shape index (κ1) is 12.5. The average Bonchev–Trinajstić information content (AvgIpc) is 2.00. The third kappa shape index (κ3) is 1.87. The Hall–Kier alpha value is -0.530. The van der Waals surface area contributed by atoms with Gasteiger partial charge in [-0.1, -0.05) is 0 Å². The molecule has 0 saturated carbocycles. The van der Waals surface area contributed by atoms with E-state index in [0.717, 1.165) is 0 Å². The summed E-state index contributed by atoms with van der Waals surface area (Å²) in [5.41, 5.74) is -5.30. The van der Waals surface area contributed by atoms with Gasteiger partial charge in [0.25, 0.3) is 0 Å². The van der Waals surface area contributed by atoms with E-state index in [1.54, 1.807) is 0 Å². The fraction of sp³-hybridized carbons (Fsp3) is 1.00. The number of alkyl halides is 7. The molecule has 80 valence electrons. The van der Waals surface area contributed by atoms with Crippen LogP contribution in [0.15, 0.2) is 0 Å². The second-order valence-corrected chi connectivity index (χ2v) is 2.15. The highest BCUT2D eigenvalue weighted by molar-refractivity contribution is 4.94. The molecular formula is C5H5F7O. The predicted octanol–water partition coefficient (Wildman–Crippen LogP) is 2.47. The van der Waals surface area contributed by atoms with Gasteiger partial charge in [-0.3, -0.25) is 0 Å². The molecule has 8 heteroatoms. The van der Waals surface area contributed by atoms with Crippen LogP contribution in [-0.2, 0) is 4.74 Å². The molecule has 0 aromatic rings. The van der Waals surface area contributed by atoms with Gasteiger partial charge < -0.3 is 4.74 Å². The van der Waals surface area contributed by atoms with Crippen molar-refractivity contribution in [2.24, 2.45) is 0 Å². The Morgan fingerprint density at radius 2 is 1.38 bits per heavy atom. The summed E-state index contributed by atoms with van der Waals surface area (Å²) >= 11 is 0. The van der Waals surface area contributed by atoms with E-state index >= 15 is 0 Å². The summed E-state index contributed by atoms with van der Waals surface area (Å²) in [5, 5.41) is 0. The van der Waals surface area contributed by atoms with E-state index in [2.05, 4.69) is 4.74 Å². The summed E-state index contributed by atoms with van der Waals surface area (Å²) in [6.07, 6.45) is -11.3. The minimum absolute atomic E-state index is 0.149. The molecule has 0 N–H and O–H groups in total. The van der Waals surface area contributed by atoms with Gasteiger partial charge in [-0.2, -0.15) is 22.0 Å². The number of methoxy groups -OCH3 is 1. The van der Waals surface area contributed by atoms with Crippen molar-refractivity contribution < 1.29 is 35.5 Å². The van der Waals surface area contributed by atoms with E-state index in [1.165, 1.54) is 0 Å². The first-order valence-corrected chi connectivity index (χ1v) is 2.87. The molecule has 0 aliphatic carbocycles. The molecule has 0 heterocycles. The lowest BCUT2D eigenvalue weighted by Crippen LogP contribution is -2.57. The lowest BCUT2D eigenvalue weighted by atomic mass is 10.1. The number of hydrogen-bond acceptors (Lipinski definition) is 1. The van der Waals surface area contributed by atoms with E-state index < -0.39 is 24.6 Å². The third-order valence-electron chi connectivity index (χ3n) is 1.35. The van der Waals surface area contributed by atoms with Gasteiger partial charge >= 0.3 is 18.0 Å². The lowest BCUT2D eigenvalue weighted by Gasteiger charge is -2.30. The van der Waals surface area contributed by atoms with Crippen molar-refractivity contribution in [2.45, 2.75) is 18.0 Å². The van der Waals surface area contributed by atoms with Crippen LogP contribution in [0, 0.1) is 0 Å². The molecule has 0 amide bonds. The molecule has 0 spiro atoms. The van der Waals surface area contributed by atoms with Crippen LogP contribution in [-0.4, -0.2) is 31.7 Å². The molecule has 1 unspecified atom stereocenters. The number of ether oxygens (including phenoxy) is 1. The van der Waals surface area contributed by atoms with E-state index in [0.29, 0.717) is 0 Å². The first-order chi connectivity index (χ1) is 5.62. The summed E-state index contributed by atoms with van der Waals surface area (Å²) in [4.78, 5) is 0.